The van der Waals surface area contributed by atoms with E-state index in [-0.39, 0.29) is 24.0 Å². The van der Waals surface area contributed by atoms with Gasteiger partial charge < -0.3 is 10.2 Å². The number of amides is 1. The third kappa shape index (κ3) is 3.93. The van der Waals surface area contributed by atoms with Gasteiger partial charge in [-0.25, -0.2) is 13.6 Å². The Hall–Kier alpha value is -2.38. The van der Waals surface area contributed by atoms with E-state index >= 15 is 0 Å². The number of carbonyl (C=O) groups excluding carboxylic acids is 1. The van der Waals surface area contributed by atoms with E-state index in [1.54, 1.807) is 4.90 Å². The zero-order chi connectivity index (χ0) is 17.2. The Morgan fingerprint density at radius 1 is 1.08 bits per heavy atom. The van der Waals surface area contributed by atoms with Gasteiger partial charge in [0.25, 0.3) is 0 Å². The molecular formula is C17H19N3O3S. The lowest BCUT2D eigenvalue weighted by molar-refractivity contribution is -0.117. The number of para-hydroxylation sites is 3. The summed E-state index contributed by atoms with van der Waals surface area (Å²) in [6.07, 6.45) is 0.191. The predicted octanol–water partition coefficient (Wildman–Crippen LogP) is 2.07. The summed E-state index contributed by atoms with van der Waals surface area (Å²) in [4.78, 5) is 14.0. The Kier molecular flexibility index (Phi) is 4.55. The molecule has 1 aliphatic heterocycles. The van der Waals surface area contributed by atoms with E-state index in [2.05, 4.69) is 5.32 Å². The minimum absolute atomic E-state index is 0.0917. The molecule has 7 heteroatoms. The van der Waals surface area contributed by atoms with Gasteiger partial charge in [-0.1, -0.05) is 30.3 Å². The standard InChI is InChI=1S/C17H19N3O3S/c18-24(22,23)12-13-10-17(21)20(11-13)16-9-5-4-8-15(16)19-14-6-2-1-3-7-14/h1-9,13,19H,10-12H2,(H2,18,22,23). The Bertz CT molecular complexity index is 837. The minimum Gasteiger partial charge on any atom is -0.354 e. The SMILES string of the molecule is NS(=O)(=O)CC1CC(=O)N(c2ccccc2Nc2ccccc2)C1. The van der Waals surface area contributed by atoms with Crippen LogP contribution in [0.5, 0.6) is 0 Å². The quantitative estimate of drug-likeness (QED) is 0.868. The first-order valence-electron chi connectivity index (χ1n) is 7.64. The maximum atomic E-state index is 12.3. The van der Waals surface area contributed by atoms with Crippen molar-refractivity contribution in [2.45, 2.75) is 6.42 Å². The highest BCUT2D eigenvalue weighted by Gasteiger charge is 2.33. The molecule has 126 valence electrons. The van der Waals surface area contributed by atoms with Gasteiger partial charge in [0, 0.05) is 24.6 Å². The number of rotatable bonds is 5. The van der Waals surface area contributed by atoms with E-state index in [9.17, 15) is 13.2 Å². The Labute approximate surface area is 141 Å². The molecule has 1 amide bonds. The average molecular weight is 345 g/mol. The van der Waals surface area contributed by atoms with Gasteiger partial charge >= 0.3 is 0 Å². The van der Waals surface area contributed by atoms with Gasteiger partial charge in [0.2, 0.25) is 15.9 Å². The normalized spacial score (nSPS) is 18.0. The molecule has 1 unspecified atom stereocenters. The summed E-state index contributed by atoms with van der Waals surface area (Å²) >= 11 is 0. The zero-order valence-electron chi connectivity index (χ0n) is 13.1. The van der Waals surface area contributed by atoms with Crippen molar-refractivity contribution in [3.63, 3.8) is 0 Å². The summed E-state index contributed by atoms with van der Waals surface area (Å²) in [5, 5.41) is 8.40. The molecule has 24 heavy (non-hydrogen) atoms. The van der Waals surface area contributed by atoms with Crippen LogP contribution in [-0.2, 0) is 14.8 Å². The number of hydrogen-bond donors (Lipinski definition) is 2. The second kappa shape index (κ2) is 6.62. The Morgan fingerprint density at radius 2 is 1.75 bits per heavy atom. The maximum absolute atomic E-state index is 12.3. The molecule has 0 spiro atoms. The highest BCUT2D eigenvalue weighted by Crippen LogP contribution is 2.33. The van der Waals surface area contributed by atoms with Crippen molar-refractivity contribution < 1.29 is 13.2 Å². The minimum atomic E-state index is -3.59. The van der Waals surface area contributed by atoms with Crippen molar-refractivity contribution in [1.82, 2.24) is 0 Å². The fourth-order valence-corrected chi connectivity index (χ4v) is 3.83. The van der Waals surface area contributed by atoms with Gasteiger partial charge in [-0.05, 0) is 24.3 Å². The van der Waals surface area contributed by atoms with Crippen molar-refractivity contribution in [2.75, 3.05) is 22.5 Å². The molecule has 3 rings (SSSR count). The number of benzene rings is 2. The van der Waals surface area contributed by atoms with Gasteiger partial charge in [-0.15, -0.1) is 0 Å². The van der Waals surface area contributed by atoms with E-state index in [0.717, 1.165) is 17.1 Å². The second-order valence-corrected chi connectivity index (χ2v) is 7.57. The number of nitrogens with two attached hydrogens (primary N) is 1. The van der Waals surface area contributed by atoms with Gasteiger partial charge in [0.1, 0.15) is 0 Å². The van der Waals surface area contributed by atoms with Crippen LogP contribution in [0.25, 0.3) is 0 Å². The van der Waals surface area contributed by atoms with Crippen LogP contribution in [0.4, 0.5) is 17.1 Å². The van der Waals surface area contributed by atoms with Crippen LogP contribution >= 0.6 is 0 Å². The van der Waals surface area contributed by atoms with Crippen LogP contribution in [0.15, 0.2) is 54.6 Å². The molecule has 3 N–H and O–H groups in total. The van der Waals surface area contributed by atoms with Gasteiger partial charge in [0.15, 0.2) is 0 Å². The Balaban J connectivity index is 1.83. The monoisotopic (exact) mass is 345 g/mol. The van der Waals surface area contributed by atoms with E-state index < -0.39 is 10.0 Å². The molecule has 0 saturated carbocycles. The summed E-state index contributed by atoms with van der Waals surface area (Å²) < 4.78 is 22.6. The molecule has 0 aliphatic carbocycles. The first kappa shape index (κ1) is 16.5. The van der Waals surface area contributed by atoms with E-state index in [0.29, 0.717) is 6.54 Å². The first-order valence-corrected chi connectivity index (χ1v) is 9.36. The van der Waals surface area contributed by atoms with Crippen molar-refractivity contribution in [2.24, 2.45) is 11.1 Å². The molecular weight excluding hydrogens is 326 g/mol. The maximum Gasteiger partial charge on any atom is 0.227 e. The molecule has 0 aromatic heterocycles. The molecule has 0 bridgehead atoms. The van der Waals surface area contributed by atoms with Gasteiger partial charge in [-0.3, -0.25) is 4.79 Å². The average Bonchev–Trinajstić information content (AvgIpc) is 2.87. The third-order valence-electron chi connectivity index (χ3n) is 3.92. The number of carbonyl (C=O) groups is 1. The lowest BCUT2D eigenvalue weighted by atomic mass is 10.1. The predicted molar refractivity (Wildman–Crippen MR) is 94.6 cm³/mol. The molecule has 1 aliphatic rings. The second-order valence-electron chi connectivity index (χ2n) is 5.91. The third-order valence-corrected chi connectivity index (χ3v) is 4.86. The van der Waals surface area contributed by atoms with Gasteiger partial charge in [0.05, 0.1) is 17.1 Å². The van der Waals surface area contributed by atoms with Crippen LogP contribution in [-0.4, -0.2) is 26.6 Å². The molecule has 1 saturated heterocycles. The highest BCUT2D eigenvalue weighted by molar-refractivity contribution is 7.89. The summed E-state index contributed by atoms with van der Waals surface area (Å²) in [6, 6.07) is 17.1. The number of primary sulfonamides is 1. The molecule has 2 aromatic carbocycles. The molecule has 2 aromatic rings. The van der Waals surface area contributed by atoms with Crippen LogP contribution in [0.3, 0.4) is 0 Å². The lowest BCUT2D eigenvalue weighted by Crippen LogP contribution is -2.28. The van der Waals surface area contributed by atoms with Gasteiger partial charge in [-0.2, -0.15) is 0 Å². The van der Waals surface area contributed by atoms with Crippen LogP contribution in [0, 0.1) is 5.92 Å². The van der Waals surface area contributed by atoms with E-state index in [1.165, 1.54) is 0 Å². The highest BCUT2D eigenvalue weighted by atomic mass is 32.2. The van der Waals surface area contributed by atoms with Crippen molar-refractivity contribution in [1.29, 1.82) is 0 Å². The first-order chi connectivity index (χ1) is 11.4. The molecule has 1 heterocycles. The summed E-state index contributed by atoms with van der Waals surface area (Å²) in [7, 11) is -3.59. The van der Waals surface area contributed by atoms with Crippen molar-refractivity contribution in [3.05, 3.63) is 54.6 Å². The molecule has 0 radical (unpaired) electrons. The smallest absolute Gasteiger partial charge is 0.227 e. The number of sulfonamides is 1. The number of nitrogens with zero attached hydrogens (tertiary/aromatic N) is 1. The Morgan fingerprint density at radius 3 is 2.46 bits per heavy atom. The van der Waals surface area contributed by atoms with Crippen molar-refractivity contribution in [3.8, 4) is 0 Å². The summed E-state index contributed by atoms with van der Waals surface area (Å²) in [5.41, 5.74) is 2.45. The summed E-state index contributed by atoms with van der Waals surface area (Å²) in [5.74, 6) is -0.549. The van der Waals surface area contributed by atoms with Crippen molar-refractivity contribution >= 4 is 33.0 Å². The molecule has 1 atom stereocenters. The lowest BCUT2D eigenvalue weighted by Gasteiger charge is -2.21. The molecule has 1 fully saturated rings. The van der Waals surface area contributed by atoms with E-state index in [4.69, 9.17) is 5.14 Å². The number of hydrogen-bond acceptors (Lipinski definition) is 4. The topological polar surface area (TPSA) is 92.5 Å². The number of anilines is 3. The van der Waals surface area contributed by atoms with E-state index in [1.807, 2.05) is 54.6 Å². The number of nitrogens with one attached hydrogen (secondary N) is 1. The van der Waals surface area contributed by atoms with Crippen LogP contribution in [0.1, 0.15) is 6.42 Å². The largest absolute Gasteiger partial charge is 0.354 e. The fraction of sp³-hybridized carbons (Fsp3) is 0.235. The zero-order valence-corrected chi connectivity index (χ0v) is 13.9. The van der Waals surface area contributed by atoms with Crippen LogP contribution in [0.2, 0.25) is 0 Å². The fourth-order valence-electron chi connectivity index (χ4n) is 2.95. The summed E-state index contributed by atoms with van der Waals surface area (Å²) in [6.45, 7) is 0.350. The molecule has 6 nitrogen and oxygen atoms in total. The van der Waals surface area contributed by atoms with Crippen LogP contribution < -0.4 is 15.4 Å².